The Hall–Kier alpha value is -1.85. The van der Waals surface area contributed by atoms with Gasteiger partial charge in [0.15, 0.2) is 0 Å². The second-order valence-electron chi connectivity index (χ2n) is 5.25. The van der Waals surface area contributed by atoms with Crippen LogP contribution in [0.3, 0.4) is 0 Å². The monoisotopic (exact) mass is 353 g/mol. The first-order chi connectivity index (χ1) is 11.0. The molecule has 0 radical (unpaired) electrons. The quantitative estimate of drug-likeness (QED) is 0.775. The van der Waals surface area contributed by atoms with Crippen LogP contribution in [0, 0.1) is 5.82 Å². The zero-order valence-electron chi connectivity index (χ0n) is 12.2. The summed E-state index contributed by atoms with van der Waals surface area (Å²) in [6.45, 7) is 2.53. The molecule has 1 amide bonds. The van der Waals surface area contributed by atoms with Crippen molar-refractivity contribution in [3.63, 3.8) is 0 Å². The van der Waals surface area contributed by atoms with Gasteiger partial charge in [0.1, 0.15) is 11.0 Å². The summed E-state index contributed by atoms with van der Waals surface area (Å²) in [5.74, 6) is -0.371. The molecule has 3 rings (SSSR count). The van der Waals surface area contributed by atoms with Crippen LogP contribution in [0.2, 0.25) is 10.2 Å². The number of carbonyl (C=O) groups excluding carboxylic acids is 1. The van der Waals surface area contributed by atoms with Gasteiger partial charge < -0.3 is 9.80 Å². The molecule has 0 spiro atoms. The van der Waals surface area contributed by atoms with Crippen molar-refractivity contribution >= 4 is 34.8 Å². The van der Waals surface area contributed by atoms with E-state index in [2.05, 4.69) is 9.88 Å². The standard InChI is InChI=1S/C16H14Cl2FN3O/c17-14-9-11(10-20-15(14)18)16(23)22-7-5-21(6-8-22)13-3-1-12(19)2-4-13/h1-4,9-10H,5-8H2. The number of amides is 1. The molecule has 1 aliphatic heterocycles. The molecule has 1 aromatic carbocycles. The van der Waals surface area contributed by atoms with E-state index in [4.69, 9.17) is 23.2 Å². The normalized spacial score (nSPS) is 14.9. The maximum Gasteiger partial charge on any atom is 0.255 e. The SMILES string of the molecule is O=C(c1cnc(Cl)c(Cl)c1)N1CCN(c2ccc(F)cc2)CC1. The van der Waals surface area contributed by atoms with Gasteiger partial charge in [-0.1, -0.05) is 23.2 Å². The number of hydrogen-bond donors (Lipinski definition) is 0. The summed E-state index contributed by atoms with van der Waals surface area (Å²) in [5.41, 5.74) is 1.38. The van der Waals surface area contributed by atoms with E-state index in [1.54, 1.807) is 17.0 Å². The Labute approximate surface area is 143 Å². The number of halogens is 3. The van der Waals surface area contributed by atoms with E-state index in [-0.39, 0.29) is 21.9 Å². The second kappa shape index (κ2) is 6.72. The van der Waals surface area contributed by atoms with E-state index in [1.807, 2.05) is 0 Å². The van der Waals surface area contributed by atoms with E-state index in [9.17, 15) is 9.18 Å². The van der Waals surface area contributed by atoms with Gasteiger partial charge in [-0.25, -0.2) is 9.37 Å². The first-order valence-corrected chi connectivity index (χ1v) is 7.91. The number of nitrogens with zero attached hydrogens (tertiary/aromatic N) is 3. The fourth-order valence-electron chi connectivity index (χ4n) is 2.54. The molecule has 0 bridgehead atoms. The Bertz CT molecular complexity index is 716. The van der Waals surface area contributed by atoms with Gasteiger partial charge in [0.05, 0.1) is 10.6 Å². The molecule has 7 heteroatoms. The van der Waals surface area contributed by atoms with E-state index < -0.39 is 0 Å². The molecule has 0 unspecified atom stereocenters. The average molecular weight is 354 g/mol. The Kier molecular flexibility index (Phi) is 4.68. The van der Waals surface area contributed by atoms with Gasteiger partial charge in [-0.05, 0) is 30.3 Å². The third-order valence-electron chi connectivity index (χ3n) is 3.80. The smallest absolute Gasteiger partial charge is 0.255 e. The molecule has 1 fully saturated rings. The maximum absolute atomic E-state index is 13.0. The predicted molar refractivity (Wildman–Crippen MR) is 88.8 cm³/mol. The molecule has 0 atom stereocenters. The summed E-state index contributed by atoms with van der Waals surface area (Å²) in [5, 5.41) is 0.451. The molecule has 0 aliphatic carbocycles. The third kappa shape index (κ3) is 3.57. The Morgan fingerprint density at radius 1 is 1.09 bits per heavy atom. The van der Waals surface area contributed by atoms with Crippen molar-refractivity contribution in [2.24, 2.45) is 0 Å². The third-order valence-corrected chi connectivity index (χ3v) is 4.49. The highest BCUT2D eigenvalue weighted by atomic mass is 35.5. The molecule has 0 saturated carbocycles. The van der Waals surface area contributed by atoms with E-state index in [1.165, 1.54) is 24.4 Å². The largest absolute Gasteiger partial charge is 0.368 e. The van der Waals surface area contributed by atoms with E-state index in [0.29, 0.717) is 31.7 Å². The number of carbonyl (C=O) groups is 1. The lowest BCUT2D eigenvalue weighted by Gasteiger charge is -2.36. The van der Waals surface area contributed by atoms with E-state index in [0.717, 1.165) is 5.69 Å². The molecule has 2 heterocycles. The van der Waals surface area contributed by atoms with Crippen LogP contribution in [-0.2, 0) is 0 Å². The number of rotatable bonds is 2. The van der Waals surface area contributed by atoms with Gasteiger partial charge >= 0.3 is 0 Å². The number of aromatic nitrogens is 1. The number of anilines is 1. The second-order valence-corrected chi connectivity index (χ2v) is 6.02. The molecular weight excluding hydrogens is 340 g/mol. The van der Waals surface area contributed by atoms with Crippen molar-refractivity contribution in [2.45, 2.75) is 0 Å². The summed E-state index contributed by atoms with van der Waals surface area (Å²) in [7, 11) is 0. The van der Waals surface area contributed by atoms with Crippen LogP contribution in [-0.4, -0.2) is 42.0 Å². The lowest BCUT2D eigenvalue weighted by Crippen LogP contribution is -2.48. The zero-order valence-corrected chi connectivity index (χ0v) is 13.7. The average Bonchev–Trinajstić information content (AvgIpc) is 2.57. The summed E-state index contributed by atoms with van der Waals surface area (Å²) >= 11 is 11.7. The highest BCUT2D eigenvalue weighted by molar-refractivity contribution is 6.41. The first-order valence-electron chi connectivity index (χ1n) is 7.15. The van der Waals surface area contributed by atoms with Crippen molar-refractivity contribution < 1.29 is 9.18 Å². The highest BCUT2D eigenvalue weighted by Crippen LogP contribution is 2.22. The topological polar surface area (TPSA) is 36.4 Å². The van der Waals surface area contributed by atoms with Crippen molar-refractivity contribution in [3.05, 3.63) is 58.1 Å². The lowest BCUT2D eigenvalue weighted by atomic mass is 10.2. The lowest BCUT2D eigenvalue weighted by molar-refractivity contribution is 0.0746. The van der Waals surface area contributed by atoms with Gasteiger partial charge in [0.2, 0.25) is 0 Å². The van der Waals surface area contributed by atoms with Crippen LogP contribution < -0.4 is 4.90 Å². The Morgan fingerprint density at radius 2 is 1.74 bits per heavy atom. The number of hydrogen-bond acceptors (Lipinski definition) is 3. The molecule has 120 valence electrons. The number of piperazine rings is 1. The Balaban J connectivity index is 1.65. The molecule has 1 aliphatic rings. The summed E-state index contributed by atoms with van der Waals surface area (Å²) in [4.78, 5) is 20.2. The molecule has 2 aromatic rings. The summed E-state index contributed by atoms with van der Waals surface area (Å²) in [6, 6.07) is 7.90. The molecule has 0 N–H and O–H groups in total. The minimum Gasteiger partial charge on any atom is -0.368 e. The fourth-order valence-corrected chi connectivity index (χ4v) is 2.81. The number of pyridine rings is 1. The molecule has 4 nitrogen and oxygen atoms in total. The van der Waals surface area contributed by atoms with E-state index >= 15 is 0 Å². The summed E-state index contributed by atoms with van der Waals surface area (Å²) < 4.78 is 13.0. The minimum absolute atomic E-state index is 0.116. The predicted octanol–water partition coefficient (Wildman–Crippen LogP) is 3.49. The highest BCUT2D eigenvalue weighted by Gasteiger charge is 2.23. The van der Waals surface area contributed by atoms with Crippen LogP contribution in [0.1, 0.15) is 10.4 Å². The van der Waals surface area contributed by atoms with Gasteiger partial charge in [0, 0.05) is 38.1 Å². The fraction of sp³-hybridized carbons (Fsp3) is 0.250. The van der Waals surface area contributed by atoms with Crippen molar-refractivity contribution in [1.29, 1.82) is 0 Å². The van der Waals surface area contributed by atoms with Gasteiger partial charge in [0.25, 0.3) is 5.91 Å². The van der Waals surface area contributed by atoms with Gasteiger partial charge in [-0.2, -0.15) is 0 Å². The zero-order chi connectivity index (χ0) is 16.4. The first kappa shape index (κ1) is 16.0. The van der Waals surface area contributed by atoms with Gasteiger partial charge in [-0.3, -0.25) is 4.79 Å². The maximum atomic E-state index is 13.0. The van der Waals surface area contributed by atoms with Crippen LogP contribution in [0.15, 0.2) is 36.5 Å². The van der Waals surface area contributed by atoms with Crippen LogP contribution >= 0.6 is 23.2 Å². The summed E-state index contributed by atoms with van der Waals surface area (Å²) in [6.07, 6.45) is 1.43. The van der Waals surface area contributed by atoms with Crippen LogP contribution in [0.5, 0.6) is 0 Å². The van der Waals surface area contributed by atoms with Crippen molar-refractivity contribution in [1.82, 2.24) is 9.88 Å². The molecular formula is C16H14Cl2FN3O. The van der Waals surface area contributed by atoms with Crippen molar-refractivity contribution in [2.75, 3.05) is 31.1 Å². The van der Waals surface area contributed by atoms with Crippen molar-refractivity contribution in [3.8, 4) is 0 Å². The van der Waals surface area contributed by atoms with Gasteiger partial charge in [-0.15, -0.1) is 0 Å². The molecule has 1 aromatic heterocycles. The number of benzene rings is 1. The van der Waals surface area contributed by atoms with Crippen LogP contribution in [0.25, 0.3) is 0 Å². The molecule has 23 heavy (non-hydrogen) atoms. The van der Waals surface area contributed by atoms with Crippen LogP contribution in [0.4, 0.5) is 10.1 Å². The minimum atomic E-state index is -0.255. The molecule has 1 saturated heterocycles. The Morgan fingerprint density at radius 3 is 2.35 bits per heavy atom.